The summed E-state index contributed by atoms with van der Waals surface area (Å²) in [5.74, 6) is -7.55. The number of guanidine groups is 1. The molecule has 94 heavy (non-hydrogen) atoms. The molecule has 0 radical (unpaired) electrons. The summed E-state index contributed by atoms with van der Waals surface area (Å²) in [7, 11) is 0. The molecule has 500 valence electrons. The van der Waals surface area contributed by atoms with Crippen molar-refractivity contribution in [1.82, 2.24) is 57.7 Å². The number of phenols is 1. The zero-order valence-electron chi connectivity index (χ0n) is 52.8. The van der Waals surface area contributed by atoms with Crippen molar-refractivity contribution in [3.05, 3.63) is 114 Å². The molecule has 8 rings (SSSR count). The predicted molar refractivity (Wildman–Crippen MR) is 351 cm³/mol. The number of rotatable bonds is 32. The van der Waals surface area contributed by atoms with Crippen molar-refractivity contribution in [2.45, 2.75) is 146 Å². The Balaban J connectivity index is 1.06. The van der Waals surface area contributed by atoms with Gasteiger partial charge in [0.05, 0.1) is 13.2 Å². The fourth-order valence-corrected chi connectivity index (χ4v) is 11.7. The van der Waals surface area contributed by atoms with Gasteiger partial charge in [0.2, 0.25) is 59.1 Å². The average molecular weight is 1290 g/mol. The second-order valence-electron chi connectivity index (χ2n) is 24.1. The number of benzene rings is 4. The Morgan fingerprint density at radius 1 is 0.681 bits per heavy atom. The van der Waals surface area contributed by atoms with E-state index >= 15 is 9.59 Å². The van der Waals surface area contributed by atoms with Gasteiger partial charge in [0.1, 0.15) is 66.5 Å². The lowest BCUT2D eigenvalue weighted by Gasteiger charge is -2.30. The van der Waals surface area contributed by atoms with E-state index in [9.17, 15) is 48.6 Å². The number of phenolic OH excluding ortho intramolecular Hbond substituents is 1. The van der Waals surface area contributed by atoms with Crippen LogP contribution in [0.15, 0.2) is 112 Å². The SMILES string of the molecule is CCNC(=O)[C@@H]1CCCN1C(=O)[C@H](CCCN=C(N)N)NC(=O)[C@H](CC(C)C)NC(=O)[C@@H](Cc1ccc2ccccc2c1)NC(=O)[C@H](Cc1ccc(O)cc1)NC(=O)[C@H](CO)NC(=O)[C@H](Cc1c[nH]c2ccccc12)NC(=O)[C@H](CC1=NC=NC1)NC(=O)[C@@H]1CCC(=O)N1. The Bertz CT molecular complexity index is 3660. The minimum atomic E-state index is -1.78. The predicted octanol–water partition coefficient (Wildman–Crippen LogP) is -0.181. The van der Waals surface area contributed by atoms with E-state index in [1.807, 2.05) is 56.3 Å². The molecule has 2 fully saturated rings. The molecule has 0 aliphatic carbocycles. The van der Waals surface area contributed by atoms with Crippen molar-refractivity contribution in [2.24, 2.45) is 32.4 Å². The molecule has 0 bridgehead atoms. The third kappa shape index (κ3) is 19.4. The van der Waals surface area contributed by atoms with Gasteiger partial charge >= 0.3 is 0 Å². The highest BCUT2D eigenvalue weighted by molar-refractivity contribution is 6.03. The molecule has 0 spiro atoms. The number of aliphatic imine (C=N–C) groups is 3. The van der Waals surface area contributed by atoms with E-state index in [-0.39, 0.29) is 107 Å². The first-order chi connectivity index (χ1) is 45.2. The molecule has 1 aromatic heterocycles. The van der Waals surface area contributed by atoms with Crippen LogP contribution in [0.5, 0.6) is 5.75 Å². The fraction of sp³-hybridized carbons (Fsp3) is 0.439. The number of amides is 10. The largest absolute Gasteiger partial charge is 0.508 e. The maximum atomic E-state index is 15.1. The topological polar surface area (TPSA) is 428 Å². The molecule has 4 aromatic carbocycles. The van der Waals surface area contributed by atoms with Crippen molar-refractivity contribution in [1.29, 1.82) is 0 Å². The van der Waals surface area contributed by atoms with Crippen LogP contribution >= 0.6 is 0 Å². The van der Waals surface area contributed by atoms with Crippen molar-refractivity contribution < 1.29 is 58.2 Å². The van der Waals surface area contributed by atoms with E-state index < -0.39 is 108 Å². The molecule has 3 aliphatic heterocycles. The summed E-state index contributed by atoms with van der Waals surface area (Å²) in [6.07, 6.45) is 3.93. The smallest absolute Gasteiger partial charge is 0.245 e. The van der Waals surface area contributed by atoms with Crippen LogP contribution in [0.1, 0.15) is 88.8 Å². The molecule has 3 aliphatic rings. The number of likely N-dealkylation sites (tertiary alicyclic amines) is 1. The molecule has 2 saturated heterocycles. The van der Waals surface area contributed by atoms with Crippen LogP contribution in [0.4, 0.5) is 0 Å². The minimum Gasteiger partial charge on any atom is -0.508 e. The summed E-state index contributed by atoms with van der Waals surface area (Å²) in [4.78, 5) is 159. The van der Waals surface area contributed by atoms with Gasteiger partial charge in [-0.3, -0.25) is 57.9 Å². The van der Waals surface area contributed by atoms with E-state index in [1.54, 1.807) is 37.4 Å². The van der Waals surface area contributed by atoms with Crippen LogP contribution in [-0.2, 0) is 67.2 Å². The van der Waals surface area contributed by atoms with Gasteiger partial charge in [-0.2, -0.15) is 0 Å². The highest BCUT2D eigenvalue weighted by Gasteiger charge is 2.40. The van der Waals surface area contributed by atoms with Gasteiger partial charge in [-0.25, -0.2) is 4.99 Å². The average Bonchev–Trinajstić information content (AvgIpc) is 1.46. The molecule has 4 heterocycles. The number of likely N-dealkylation sites (N-methyl/N-ethyl adjacent to an activating group) is 1. The van der Waals surface area contributed by atoms with Gasteiger partial charge in [0.25, 0.3) is 0 Å². The van der Waals surface area contributed by atoms with Crippen LogP contribution < -0.4 is 59.3 Å². The van der Waals surface area contributed by atoms with Crippen LogP contribution in [0.25, 0.3) is 21.7 Å². The summed E-state index contributed by atoms with van der Waals surface area (Å²) in [6, 6.07) is 14.2. The van der Waals surface area contributed by atoms with E-state index in [1.165, 1.54) is 35.5 Å². The standard InChI is InChI=1S/C66H84N16O12/c1-4-70-64(93)55-16-10-26-82(55)65(94)48(15-9-25-71-66(67)68)75-58(87)49(27-37(2)3)76-60(89)51(30-39-17-20-40-11-5-6-12-41(40)28-39)77-59(88)50(29-38-18-21-44(84)22-19-38)78-63(92)54(35-83)81-61(90)52(31-42-33-72-46-14-8-7-13-45(42)46)79-62(91)53(32-43-34-69-36-73-43)80-57(86)47-23-24-56(85)74-47/h5-8,11-14,17-22,28,33,36-37,47-55,72,83-84H,4,9-10,15-16,23-27,29-32,34-35H2,1-3H3,(H,70,93)(H,74,85)(H,75,87)(H,76,89)(H,77,88)(H,78,92)(H,79,91)(H,80,86)(H,81,90)(H4,67,68,71)/t47-,48-,49-,50-,51+,52-,53-,54-,55-/m0/s1. The zero-order chi connectivity index (χ0) is 67.4. The number of carbonyl (C=O) groups excluding carboxylic acids is 10. The second-order valence-corrected chi connectivity index (χ2v) is 24.1. The maximum Gasteiger partial charge on any atom is 0.245 e. The highest BCUT2D eigenvalue weighted by Crippen LogP contribution is 2.23. The summed E-state index contributed by atoms with van der Waals surface area (Å²) in [5.41, 5.74) is 13.9. The van der Waals surface area contributed by atoms with Crippen molar-refractivity contribution in [2.75, 3.05) is 32.8 Å². The Kier molecular flexibility index (Phi) is 24.7. The van der Waals surface area contributed by atoms with E-state index in [0.29, 0.717) is 52.7 Å². The first-order valence-corrected chi connectivity index (χ1v) is 31.7. The summed E-state index contributed by atoms with van der Waals surface area (Å²) in [5, 5.41) is 48.1. The molecule has 0 saturated carbocycles. The van der Waals surface area contributed by atoms with Gasteiger partial charge in [-0.1, -0.05) is 86.6 Å². The van der Waals surface area contributed by atoms with Crippen LogP contribution in [0, 0.1) is 5.92 Å². The first kappa shape index (κ1) is 69.6. The highest BCUT2D eigenvalue weighted by atomic mass is 16.3. The maximum absolute atomic E-state index is 15.1. The number of aromatic hydroxyl groups is 1. The number of hydrogen-bond donors (Lipinski definition) is 14. The number of nitrogens with zero attached hydrogens (tertiary/aromatic N) is 4. The number of carbonyl (C=O) groups is 10. The van der Waals surface area contributed by atoms with Crippen LogP contribution in [-0.4, -0.2) is 184 Å². The number of aromatic nitrogens is 1. The lowest BCUT2D eigenvalue weighted by atomic mass is 9.98. The van der Waals surface area contributed by atoms with Gasteiger partial charge in [-0.15, -0.1) is 0 Å². The fourth-order valence-electron chi connectivity index (χ4n) is 11.7. The molecule has 5 aromatic rings. The van der Waals surface area contributed by atoms with Gasteiger partial charge < -0.3 is 79.4 Å². The number of nitrogens with two attached hydrogens (primary N) is 2. The number of para-hydroxylation sites is 1. The Morgan fingerprint density at radius 2 is 1.28 bits per heavy atom. The normalized spacial score (nSPS) is 17.3. The molecule has 0 unspecified atom stereocenters. The van der Waals surface area contributed by atoms with Crippen LogP contribution in [0.3, 0.4) is 0 Å². The van der Waals surface area contributed by atoms with E-state index in [0.717, 1.165) is 10.8 Å². The molecular weight excluding hydrogens is 1210 g/mol. The monoisotopic (exact) mass is 1290 g/mol. The Labute approximate surface area is 543 Å². The number of fused-ring (bicyclic) bond motifs is 2. The van der Waals surface area contributed by atoms with Crippen molar-refractivity contribution in [3.63, 3.8) is 0 Å². The quantitative estimate of drug-likeness (QED) is 0.0151. The lowest BCUT2D eigenvalue weighted by Crippen LogP contribution is -2.61. The third-order valence-electron chi connectivity index (χ3n) is 16.5. The molecule has 28 heteroatoms. The molecule has 16 N–H and O–H groups in total. The van der Waals surface area contributed by atoms with E-state index in [4.69, 9.17) is 11.5 Å². The lowest BCUT2D eigenvalue weighted by molar-refractivity contribution is -0.142. The third-order valence-corrected chi connectivity index (χ3v) is 16.5. The number of H-pyrrole nitrogens is 1. The molecule has 9 atom stereocenters. The number of aliphatic hydroxyl groups is 1. The van der Waals surface area contributed by atoms with Gasteiger partial charge in [-0.05, 0) is 97.0 Å². The first-order valence-electron chi connectivity index (χ1n) is 31.7. The van der Waals surface area contributed by atoms with Gasteiger partial charge in [0.15, 0.2) is 5.96 Å². The summed E-state index contributed by atoms with van der Waals surface area (Å²) < 4.78 is 0. The van der Waals surface area contributed by atoms with Gasteiger partial charge in [0, 0.05) is 74.5 Å². The zero-order valence-corrected chi connectivity index (χ0v) is 52.8. The Hall–Kier alpha value is -10.2. The van der Waals surface area contributed by atoms with Crippen molar-refractivity contribution >= 4 is 98.8 Å². The van der Waals surface area contributed by atoms with Crippen LogP contribution in [0.2, 0.25) is 0 Å². The number of hydrogen-bond acceptors (Lipinski definition) is 15. The van der Waals surface area contributed by atoms with Crippen molar-refractivity contribution in [3.8, 4) is 5.75 Å². The second kappa shape index (κ2) is 33.4. The Morgan fingerprint density at radius 3 is 1.91 bits per heavy atom. The number of nitrogens with one attached hydrogen (secondary N) is 10. The van der Waals surface area contributed by atoms with E-state index in [2.05, 4.69) is 67.8 Å². The molecule has 10 amide bonds. The number of aromatic amines is 1. The molecule has 28 nitrogen and oxygen atoms in total. The molecular formula is C66H84N16O12. The summed E-state index contributed by atoms with van der Waals surface area (Å²) >= 11 is 0. The minimum absolute atomic E-state index is 0.0676. The summed E-state index contributed by atoms with van der Waals surface area (Å²) in [6.45, 7) is 5.30. The number of aliphatic hydroxyl groups excluding tert-OH is 1.